The highest BCUT2D eigenvalue weighted by molar-refractivity contribution is 5.85. The molecule has 1 aromatic rings. The van der Waals surface area contributed by atoms with Crippen LogP contribution < -0.4 is 11.1 Å². The number of hydrogen-bond acceptors (Lipinski definition) is 3. The van der Waals surface area contributed by atoms with E-state index in [0.29, 0.717) is 6.42 Å². The second kappa shape index (κ2) is 10.1. The van der Waals surface area contributed by atoms with Gasteiger partial charge in [0.05, 0.1) is 6.04 Å². The van der Waals surface area contributed by atoms with Gasteiger partial charge in [0.15, 0.2) is 0 Å². The Balaban J connectivity index is 0. The van der Waals surface area contributed by atoms with Gasteiger partial charge in [0.2, 0.25) is 5.91 Å². The van der Waals surface area contributed by atoms with Crippen LogP contribution in [0.4, 0.5) is 0 Å². The first kappa shape index (κ1) is 19.5. The maximum Gasteiger partial charge on any atom is 0.222 e. The Morgan fingerprint density at radius 2 is 1.94 bits per heavy atom. The van der Waals surface area contributed by atoms with Gasteiger partial charge in [0, 0.05) is 24.9 Å². The van der Waals surface area contributed by atoms with Crippen LogP contribution in [0.5, 0.6) is 0 Å². The van der Waals surface area contributed by atoms with Crippen molar-refractivity contribution in [3.05, 3.63) is 30.1 Å². The standard InChI is InChI=1S/C12H19N3O.2ClH/c1-3-11(10-4-6-14-7-5-10)15-12(16)8-9(2)13;;/h4-7,9,11H,3,8,13H2,1-2H3,(H,15,16);2*1H. The minimum Gasteiger partial charge on any atom is -0.349 e. The van der Waals surface area contributed by atoms with Crippen molar-refractivity contribution in [3.63, 3.8) is 0 Å². The molecule has 6 heteroatoms. The molecule has 0 spiro atoms. The maximum absolute atomic E-state index is 11.6. The fraction of sp³-hybridized carbons (Fsp3) is 0.500. The molecule has 2 atom stereocenters. The molecule has 3 N–H and O–H groups in total. The Morgan fingerprint density at radius 3 is 2.39 bits per heavy atom. The predicted octanol–water partition coefficient (Wildman–Crippen LogP) is 2.23. The lowest BCUT2D eigenvalue weighted by molar-refractivity contribution is -0.122. The van der Waals surface area contributed by atoms with E-state index in [1.54, 1.807) is 12.4 Å². The van der Waals surface area contributed by atoms with Gasteiger partial charge in [-0.25, -0.2) is 0 Å². The third kappa shape index (κ3) is 6.79. The first-order chi connectivity index (χ1) is 7.63. The van der Waals surface area contributed by atoms with E-state index in [0.717, 1.165) is 12.0 Å². The van der Waals surface area contributed by atoms with Crippen LogP contribution in [0.25, 0.3) is 0 Å². The van der Waals surface area contributed by atoms with Crippen LogP contribution >= 0.6 is 24.8 Å². The number of amides is 1. The zero-order valence-electron chi connectivity index (χ0n) is 10.6. The number of pyridine rings is 1. The lowest BCUT2D eigenvalue weighted by Gasteiger charge is -2.17. The fourth-order valence-electron chi connectivity index (χ4n) is 1.56. The van der Waals surface area contributed by atoms with E-state index in [2.05, 4.69) is 10.3 Å². The molecule has 0 fully saturated rings. The molecular formula is C12H21Cl2N3O. The molecule has 1 rings (SSSR count). The molecule has 1 heterocycles. The summed E-state index contributed by atoms with van der Waals surface area (Å²) in [6, 6.07) is 3.78. The average molecular weight is 294 g/mol. The van der Waals surface area contributed by atoms with Crippen LogP contribution in [0.15, 0.2) is 24.5 Å². The van der Waals surface area contributed by atoms with E-state index in [-0.39, 0.29) is 42.8 Å². The zero-order valence-corrected chi connectivity index (χ0v) is 12.3. The van der Waals surface area contributed by atoms with Crippen molar-refractivity contribution < 1.29 is 4.79 Å². The quantitative estimate of drug-likeness (QED) is 0.875. The van der Waals surface area contributed by atoms with Crippen molar-refractivity contribution in [2.24, 2.45) is 5.73 Å². The summed E-state index contributed by atoms with van der Waals surface area (Å²) in [6.45, 7) is 3.87. The van der Waals surface area contributed by atoms with Crippen molar-refractivity contribution in [1.29, 1.82) is 0 Å². The summed E-state index contributed by atoms with van der Waals surface area (Å²) in [5.74, 6) is -0.00124. The minimum absolute atomic E-state index is 0. The van der Waals surface area contributed by atoms with Gasteiger partial charge in [-0.05, 0) is 31.0 Å². The van der Waals surface area contributed by atoms with Crippen LogP contribution in [0.1, 0.15) is 38.3 Å². The van der Waals surface area contributed by atoms with Crippen molar-refractivity contribution in [3.8, 4) is 0 Å². The normalized spacial score (nSPS) is 12.6. The van der Waals surface area contributed by atoms with Gasteiger partial charge in [-0.2, -0.15) is 0 Å². The van der Waals surface area contributed by atoms with Crippen LogP contribution in [-0.2, 0) is 4.79 Å². The first-order valence-electron chi connectivity index (χ1n) is 5.58. The largest absolute Gasteiger partial charge is 0.349 e. The number of hydrogen-bond donors (Lipinski definition) is 2. The van der Waals surface area contributed by atoms with E-state index in [9.17, 15) is 4.79 Å². The van der Waals surface area contributed by atoms with Crippen molar-refractivity contribution in [2.75, 3.05) is 0 Å². The van der Waals surface area contributed by atoms with Crippen molar-refractivity contribution in [1.82, 2.24) is 10.3 Å². The SMILES string of the molecule is CCC(NC(=O)CC(C)N)c1ccncc1.Cl.Cl. The summed E-state index contributed by atoms with van der Waals surface area (Å²) in [7, 11) is 0. The molecule has 1 aromatic heterocycles. The molecule has 18 heavy (non-hydrogen) atoms. The number of aromatic nitrogens is 1. The maximum atomic E-state index is 11.6. The topological polar surface area (TPSA) is 68.0 Å². The number of nitrogens with two attached hydrogens (primary N) is 1. The lowest BCUT2D eigenvalue weighted by atomic mass is 10.1. The van der Waals surface area contributed by atoms with Crippen LogP contribution in [-0.4, -0.2) is 16.9 Å². The molecule has 2 unspecified atom stereocenters. The molecule has 0 bridgehead atoms. The molecule has 1 amide bonds. The molecule has 0 aliphatic heterocycles. The summed E-state index contributed by atoms with van der Waals surface area (Å²) in [6.07, 6.45) is 4.68. The molecular weight excluding hydrogens is 273 g/mol. The summed E-state index contributed by atoms with van der Waals surface area (Å²) in [4.78, 5) is 15.5. The highest BCUT2D eigenvalue weighted by atomic mass is 35.5. The number of nitrogens with one attached hydrogen (secondary N) is 1. The van der Waals surface area contributed by atoms with Crippen LogP contribution in [0.3, 0.4) is 0 Å². The summed E-state index contributed by atoms with van der Waals surface area (Å²) < 4.78 is 0. The summed E-state index contributed by atoms with van der Waals surface area (Å²) in [5.41, 5.74) is 6.66. The van der Waals surface area contributed by atoms with Gasteiger partial charge < -0.3 is 11.1 Å². The predicted molar refractivity (Wildman–Crippen MR) is 78.2 cm³/mol. The minimum atomic E-state index is -0.102. The molecule has 0 saturated heterocycles. The smallest absolute Gasteiger partial charge is 0.222 e. The van der Waals surface area contributed by atoms with E-state index >= 15 is 0 Å². The highest BCUT2D eigenvalue weighted by Gasteiger charge is 2.13. The number of rotatable bonds is 5. The Kier molecular flexibility index (Phi) is 11.0. The summed E-state index contributed by atoms with van der Waals surface area (Å²) >= 11 is 0. The molecule has 0 aliphatic carbocycles. The van der Waals surface area contributed by atoms with E-state index in [1.807, 2.05) is 26.0 Å². The zero-order chi connectivity index (χ0) is 12.0. The molecule has 0 aromatic carbocycles. The lowest BCUT2D eigenvalue weighted by Crippen LogP contribution is -2.32. The molecule has 4 nitrogen and oxygen atoms in total. The Bertz CT molecular complexity index is 333. The second-order valence-corrected chi connectivity index (χ2v) is 3.99. The number of carbonyl (C=O) groups is 1. The third-order valence-corrected chi connectivity index (χ3v) is 2.36. The van der Waals surface area contributed by atoms with E-state index < -0.39 is 0 Å². The number of halogens is 2. The Hall–Kier alpha value is -0.840. The Morgan fingerprint density at radius 1 is 1.39 bits per heavy atom. The van der Waals surface area contributed by atoms with Crippen molar-refractivity contribution >= 4 is 30.7 Å². The molecule has 104 valence electrons. The molecule has 0 aliphatic rings. The van der Waals surface area contributed by atoms with Crippen LogP contribution in [0.2, 0.25) is 0 Å². The van der Waals surface area contributed by atoms with Gasteiger partial charge >= 0.3 is 0 Å². The van der Waals surface area contributed by atoms with E-state index in [4.69, 9.17) is 5.73 Å². The molecule has 0 radical (unpaired) electrons. The highest BCUT2D eigenvalue weighted by Crippen LogP contribution is 2.15. The van der Waals surface area contributed by atoms with Crippen molar-refractivity contribution in [2.45, 2.75) is 38.8 Å². The van der Waals surface area contributed by atoms with Gasteiger partial charge in [-0.15, -0.1) is 24.8 Å². The van der Waals surface area contributed by atoms with Gasteiger partial charge in [-0.1, -0.05) is 6.92 Å². The van der Waals surface area contributed by atoms with E-state index in [1.165, 1.54) is 0 Å². The van der Waals surface area contributed by atoms with Crippen LogP contribution in [0, 0.1) is 0 Å². The number of carbonyl (C=O) groups excluding carboxylic acids is 1. The Labute approximate surface area is 121 Å². The second-order valence-electron chi connectivity index (χ2n) is 3.99. The number of nitrogens with zero attached hydrogens (tertiary/aromatic N) is 1. The van der Waals surface area contributed by atoms with Gasteiger partial charge in [-0.3, -0.25) is 9.78 Å². The fourth-order valence-corrected chi connectivity index (χ4v) is 1.56. The van der Waals surface area contributed by atoms with Gasteiger partial charge in [0.25, 0.3) is 0 Å². The average Bonchev–Trinajstić information content (AvgIpc) is 2.26. The van der Waals surface area contributed by atoms with Gasteiger partial charge in [0.1, 0.15) is 0 Å². The third-order valence-electron chi connectivity index (χ3n) is 2.36. The molecule has 0 saturated carbocycles. The summed E-state index contributed by atoms with van der Waals surface area (Å²) in [5, 5.41) is 2.97. The first-order valence-corrected chi connectivity index (χ1v) is 5.58. The monoisotopic (exact) mass is 293 g/mol.